The third-order valence-corrected chi connectivity index (χ3v) is 3.30. The molecule has 0 fully saturated rings. The lowest BCUT2D eigenvalue weighted by atomic mass is 10.2. The van der Waals surface area contributed by atoms with E-state index in [1.165, 1.54) is 13.1 Å². The molecule has 0 unspecified atom stereocenters. The fourth-order valence-electron chi connectivity index (χ4n) is 1.79. The number of hydrogen-bond acceptors (Lipinski definition) is 1. The van der Waals surface area contributed by atoms with Gasteiger partial charge in [0.2, 0.25) is 0 Å². The predicted octanol–water partition coefficient (Wildman–Crippen LogP) is 5.03. The number of nitrogens with zero attached hydrogens (tertiary/aromatic N) is 1. The summed E-state index contributed by atoms with van der Waals surface area (Å²) in [5, 5.41) is 2.18. The number of nitrogens with one attached hydrogen (secondary N) is 1. The molecule has 116 valence electrons. The molecule has 2 aromatic rings. The molecule has 0 aliphatic rings. The number of alkyl halides is 3. The molecule has 0 atom stereocenters. The number of benzene rings is 2. The van der Waals surface area contributed by atoms with Gasteiger partial charge in [-0.3, -0.25) is 4.90 Å². The van der Waals surface area contributed by atoms with Gasteiger partial charge in [-0.1, -0.05) is 29.8 Å². The molecule has 7 heteroatoms. The third-order valence-electron chi connectivity index (χ3n) is 2.97. The van der Waals surface area contributed by atoms with Gasteiger partial charge in [0.25, 0.3) is 0 Å². The Bertz CT molecular complexity index is 674. The first kappa shape index (κ1) is 16.2. The van der Waals surface area contributed by atoms with Crippen molar-refractivity contribution in [2.75, 3.05) is 17.3 Å². The number of carbonyl (C=O) groups is 1. The number of urea groups is 1. The van der Waals surface area contributed by atoms with Gasteiger partial charge >= 0.3 is 12.2 Å². The smallest absolute Gasteiger partial charge is 0.308 e. The highest BCUT2D eigenvalue weighted by molar-refractivity contribution is 6.31. The maximum absolute atomic E-state index is 12.8. The van der Waals surface area contributed by atoms with Crippen molar-refractivity contribution >= 4 is 29.0 Å². The van der Waals surface area contributed by atoms with E-state index in [0.717, 1.165) is 17.0 Å². The van der Waals surface area contributed by atoms with Gasteiger partial charge in [-0.15, -0.1) is 0 Å². The normalized spacial score (nSPS) is 11.1. The Morgan fingerprint density at radius 3 is 2.36 bits per heavy atom. The van der Waals surface area contributed by atoms with E-state index in [4.69, 9.17) is 11.6 Å². The quantitative estimate of drug-likeness (QED) is 0.824. The molecule has 0 spiro atoms. The van der Waals surface area contributed by atoms with Crippen LogP contribution in [0.15, 0.2) is 48.5 Å². The van der Waals surface area contributed by atoms with E-state index in [-0.39, 0.29) is 5.69 Å². The Balaban J connectivity index is 2.22. The van der Waals surface area contributed by atoms with Crippen molar-refractivity contribution in [3.8, 4) is 0 Å². The Morgan fingerprint density at radius 2 is 1.77 bits per heavy atom. The molecule has 0 saturated carbocycles. The molecule has 0 aromatic heterocycles. The van der Waals surface area contributed by atoms with Crippen LogP contribution in [-0.4, -0.2) is 13.1 Å². The van der Waals surface area contributed by atoms with Crippen LogP contribution in [0.4, 0.5) is 29.3 Å². The number of rotatable bonds is 2. The number of anilines is 2. The second kappa shape index (κ2) is 6.27. The molecule has 2 amide bonds. The van der Waals surface area contributed by atoms with Gasteiger partial charge in [0.05, 0.1) is 10.6 Å². The van der Waals surface area contributed by atoms with E-state index in [2.05, 4.69) is 5.32 Å². The van der Waals surface area contributed by atoms with Crippen LogP contribution in [0.5, 0.6) is 0 Å². The minimum absolute atomic E-state index is 0.0881. The maximum Gasteiger partial charge on any atom is 0.417 e. The summed E-state index contributed by atoms with van der Waals surface area (Å²) in [5.41, 5.74) is -0.347. The second-order valence-electron chi connectivity index (χ2n) is 4.52. The van der Waals surface area contributed by atoms with Crippen molar-refractivity contribution in [2.45, 2.75) is 6.18 Å². The molecule has 0 radical (unpaired) electrons. The topological polar surface area (TPSA) is 32.3 Å². The summed E-state index contributed by atoms with van der Waals surface area (Å²) in [6, 6.07) is 11.4. The summed E-state index contributed by atoms with van der Waals surface area (Å²) in [5.74, 6) is 0. The number of hydrogen-bond donors (Lipinski definition) is 1. The zero-order valence-electron chi connectivity index (χ0n) is 11.5. The van der Waals surface area contributed by atoms with E-state index in [0.29, 0.717) is 5.69 Å². The highest BCUT2D eigenvalue weighted by atomic mass is 35.5. The van der Waals surface area contributed by atoms with Crippen LogP contribution in [0.2, 0.25) is 5.02 Å². The number of carbonyl (C=O) groups excluding carboxylic acids is 1. The molecular weight excluding hydrogens is 317 g/mol. The number of para-hydroxylation sites is 1. The molecular formula is C15H12ClF3N2O. The monoisotopic (exact) mass is 328 g/mol. The summed E-state index contributed by atoms with van der Waals surface area (Å²) >= 11 is 5.56. The minimum atomic E-state index is -4.58. The highest BCUT2D eigenvalue weighted by Crippen LogP contribution is 2.36. The lowest BCUT2D eigenvalue weighted by molar-refractivity contribution is -0.137. The van der Waals surface area contributed by atoms with Gasteiger partial charge in [0.15, 0.2) is 0 Å². The van der Waals surface area contributed by atoms with Crippen molar-refractivity contribution in [3.05, 3.63) is 59.1 Å². The molecule has 1 N–H and O–H groups in total. The van der Waals surface area contributed by atoms with E-state index in [1.807, 2.05) is 0 Å². The number of halogens is 4. The molecule has 2 rings (SSSR count). The van der Waals surface area contributed by atoms with E-state index in [1.54, 1.807) is 30.3 Å². The van der Waals surface area contributed by atoms with Crippen LogP contribution in [0.3, 0.4) is 0 Å². The summed E-state index contributed by atoms with van der Waals surface area (Å²) in [7, 11) is 1.38. The lowest BCUT2D eigenvalue weighted by Crippen LogP contribution is -2.31. The van der Waals surface area contributed by atoms with Crippen molar-refractivity contribution < 1.29 is 18.0 Å². The van der Waals surface area contributed by atoms with Gasteiger partial charge < -0.3 is 5.32 Å². The van der Waals surface area contributed by atoms with Crippen LogP contribution in [0.1, 0.15) is 5.56 Å². The molecule has 2 aromatic carbocycles. The first-order chi connectivity index (χ1) is 10.3. The first-order valence-corrected chi connectivity index (χ1v) is 6.63. The van der Waals surface area contributed by atoms with Crippen LogP contribution in [0, 0.1) is 0 Å². The zero-order valence-corrected chi connectivity index (χ0v) is 12.2. The van der Waals surface area contributed by atoms with Crippen LogP contribution in [0.25, 0.3) is 0 Å². The Hall–Kier alpha value is -2.21. The standard InChI is InChI=1S/C15H12ClF3N2O/c1-21(14(22)20-10-5-3-2-4-6-10)11-7-8-13(16)12(9-11)15(17,18)19/h2-9H,1H3,(H,20,22). The molecule has 3 nitrogen and oxygen atoms in total. The largest absolute Gasteiger partial charge is 0.417 e. The molecule has 22 heavy (non-hydrogen) atoms. The maximum atomic E-state index is 12.8. The lowest BCUT2D eigenvalue weighted by Gasteiger charge is -2.20. The number of amides is 2. The molecule has 0 heterocycles. The van der Waals surface area contributed by atoms with Crippen molar-refractivity contribution in [1.82, 2.24) is 0 Å². The van der Waals surface area contributed by atoms with Crippen LogP contribution >= 0.6 is 11.6 Å². The molecule has 0 bridgehead atoms. The SMILES string of the molecule is CN(C(=O)Nc1ccccc1)c1ccc(Cl)c(C(F)(F)F)c1. The Kier molecular flexibility index (Phi) is 4.61. The van der Waals surface area contributed by atoms with Crippen molar-refractivity contribution in [1.29, 1.82) is 0 Å². The molecule has 0 aliphatic carbocycles. The average Bonchev–Trinajstić information content (AvgIpc) is 2.47. The molecule has 0 saturated heterocycles. The van der Waals surface area contributed by atoms with Gasteiger partial charge in [-0.05, 0) is 30.3 Å². The van der Waals surface area contributed by atoms with Crippen LogP contribution in [-0.2, 0) is 6.18 Å². The Labute approximate surface area is 130 Å². The van der Waals surface area contributed by atoms with Crippen molar-refractivity contribution in [2.24, 2.45) is 0 Å². The van der Waals surface area contributed by atoms with Gasteiger partial charge in [-0.25, -0.2) is 4.79 Å². The summed E-state index contributed by atoms with van der Waals surface area (Å²) < 4.78 is 38.5. The van der Waals surface area contributed by atoms with Gasteiger partial charge in [0.1, 0.15) is 0 Å². The van der Waals surface area contributed by atoms with E-state index >= 15 is 0 Å². The first-order valence-electron chi connectivity index (χ1n) is 6.25. The molecule has 0 aliphatic heterocycles. The minimum Gasteiger partial charge on any atom is -0.308 e. The predicted molar refractivity (Wildman–Crippen MR) is 80.3 cm³/mol. The fraction of sp³-hybridized carbons (Fsp3) is 0.133. The van der Waals surface area contributed by atoms with Crippen LogP contribution < -0.4 is 10.2 Å². The Morgan fingerprint density at radius 1 is 1.14 bits per heavy atom. The van der Waals surface area contributed by atoms with E-state index < -0.39 is 22.8 Å². The fourth-order valence-corrected chi connectivity index (χ4v) is 2.01. The zero-order chi connectivity index (χ0) is 16.3. The third kappa shape index (κ3) is 3.71. The summed E-state index contributed by atoms with van der Waals surface area (Å²) in [6.07, 6.45) is -4.58. The summed E-state index contributed by atoms with van der Waals surface area (Å²) in [4.78, 5) is 13.1. The highest BCUT2D eigenvalue weighted by Gasteiger charge is 2.33. The average molecular weight is 329 g/mol. The second-order valence-corrected chi connectivity index (χ2v) is 4.92. The van der Waals surface area contributed by atoms with Gasteiger partial charge in [0, 0.05) is 18.4 Å². The van der Waals surface area contributed by atoms with Crippen molar-refractivity contribution in [3.63, 3.8) is 0 Å². The summed E-state index contributed by atoms with van der Waals surface area (Å²) in [6.45, 7) is 0. The van der Waals surface area contributed by atoms with E-state index in [9.17, 15) is 18.0 Å². The van der Waals surface area contributed by atoms with Gasteiger partial charge in [-0.2, -0.15) is 13.2 Å².